The number of nitrogens with zero attached hydrogens (tertiary/aromatic N) is 1. The molecule has 3 heterocycles. The van der Waals surface area contributed by atoms with Gasteiger partial charge in [-0.3, -0.25) is 23.7 Å². The Kier molecular flexibility index (Phi) is 23.9. The first-order valence-electron chi connectivity index (χ1n) is 26.3. The summed E-state index contributed by atoms with van der Waals surface area (Å²) in [5.41, 5.74) is 1.24. The van der Waals surface area contributed by atoms with Crippen LogP contribution in [0.5, 0.6) is 0 Å². The van der Waals surface area contributed by atoms with Gasteiger partial charge in [0, 0.05) is 65.1 Å². The molecule has 3 fully saturated rings. The minimum atomic E-state index is -3.37. The Hall–Kier alpha value is -3.18. The lowest BCUT2D eigenvalue weighted by molar-refractivity contribution is -0.265. The Bertz CT molecular complexity index is 2020. The number of carbonyl (C=O) groups excluding carboxylic acids is 5. The Labute approximate surface area is 429 Å². The van der Waals surface area contributed by atoms with Gasteiger partial charge < -0.3 is 47.8 Å². The maximum absolute atomic E-state index is 14.5. The number of allylic oxidation sites excluding steroid dienone is 6. The van der Waals surface area contributed by atoms with E-state index < -0.39 is 103 Å². The number of aliphatic hydroxyl groups is 2. The van der Waals surface area contributed by atoms with Crippen LogP contribution in [0.2, 0.25) is 0 Å². The van der Waals surface area contributed by atoms with Crippen molar-refractivity contribution in [1.29, 1.82) is 0 Å². The lowest BCUT2D eigenvalue weighted by Gasteiger charge is -2.42. The Balaban J connectivity index is 1.70. The number of Topliss-reactive ketones (excluding diaryl/α,β-unsaturated/α-hetero) is 3. The average molecular weight is 1030 g/mol. The zero-order chi connectivity index (χ0) is 53.7. The number of ether oxygens (including phenoxy) is 5. The van der Waals surface area contributed by atoms with E-state index in [9.17, 15) is 38.8 Å². The largest absolute Gasteiger partial charge is 0.460 e. The smallest absolute Gasteiger partial charge is 0.329 e. The van der Waals surface area contributed by atoms with Crippen LogP contribution in [0.3, 0.4) is 0 Å². The molecular formula is C55H88NO15P. The first kappa shape index (κ1) is 61.4. The van der Waals surface area contributed by atoms with Gasteiger partial charge in [0.05, 0.1) is 30.5 Å². The van der Waals surface area contributed by atoms with Crippen LogP contribution in [-0.4, -0.2) is 140 Å². The van der Waals surface area contributed by atoms with E-state index >= 15 is 0 Å². The minimum Gasteiger partial charge on any atom is -0.460 e. The van der Waals surface area contributed by atoms with Crippen LogP contribution in [0.4, 0.5) is 0 Å². The maximum atomic E-state index is 14.5. The highest BCUT2D eigenvalue weighted by Gasteiger charge is 2.53. The van der Waals surface area contributed by atoms with Crippen molar-refractivity contribution in [2.24, 2.45) is 35.5 Å². The summed E-state index contributed by atoms with van der Waals surface area (Å²) < 4.78 is 54.6. The van der Waals surface area contributed by atoms with Crippen LogP contribution in [0.1, 0.15) is 139 Å². The van der Waals surface area contributed by atoms with Gasteiger partial charge in [0.2, 0.25) is 5.79 Å². The Morgan fingerprint density at radius 1 is 0.847 bits per heavy atom. The third-order valence-corrected chi connectivity index (χ3v) is 16.6. The molecule has 0 aromatic rings. The standard InChI is InChI=1S/C55H88NO15P/c1-33(2)70-72(13,64)71-45-25-23-41(30-48(45)66-11)29-37(6)47-32-44(57)36(5)28-39(8)50(59)51(67-12)49(58)38(7)27-34(3)19-15-14-16-20-35(4)46(65-10)31-42-24-22-40(9)55(63,69-42)52(60)53(61)56-26-18-17-21-43(56)54(62)68-47/h14-16,19-20,28,33-34,36-38,40-43,45-48,50-51,59,63H,17-18,21-27,29-32H2,1-13H3/b16-14?,19-15+,35-20?,39-28+/t34-,36-,37-,38-,40-,41+,42+,43?,45-,46+,47+,48-,50-,51+,55?,72?/m1/s1. The molecular weight excluding hydrogens is 946 g/mol. The molecule has 408 valence electrons. The van der Waals surface area contributed by atoms with Gasteiger partial charge in [-0.25, -0.2) is 4.79 Å². The predicted molar refractivity (Wildman–Crippen MR) is 274 cm³/mol. The number of piperidine rings is 1. The summed E-state index contributed by atoms with van der Waals surface area (Å²) in [6.07, 6.45) is 10.5. The quantitative estimate of drug-likeness (QED) is 0.0910. The molecule has 0 aromatic carbocycles. The number of hydrogen-bond acceptors (Lipinski definition) is 15. The second-order valence-corrected chi connectivity index (χ2v) is 23.6. The summed E-state index contributed by atoms with van der Waals surface area (Å²) in [5, 5.41) is 23.5. The first-order valence-corrected chi connectivity index (χ1v) is 28.3. The molecule has 72 heavy (non-hydrogen) atoms. The van der Waals surface area contributed by atoms with Gasteiger partial charge in [-0.05, 0) is 121 Å². The monoisotopic (exact) mass is 1030 g/mol. The zero-order valence-electron chi connectivity index (χ0n) is 45.4. The molecule has 16 atom stereocenters. The van der Waals surface area contributed by atoms with Crippen molar-refractivity contribution in [2.75, 3.05) is 34.5 Å². The van der Waals surface area contributed by atoms with E-state index in [4.69, 9.17) is 32.7 Å². The van der Waals surface area contributed by atoms with Crippen molar-refractivity contribution in [1.82, 2.24) is 4.90 Å². The zero-order valence-corrected chi connectivity index (χ0v) is 46.3. The lowest BCUT2D eigenvalue weighted by atomic mass is 9.78. The molecule has 2 bridgehead atoms. The van der Waals surface area contributed by atoms with E-state index in [0.29, 0.717) is 69.8 Å². The molecule has 2 N–H and O–H groups in total. The van der Waals surface area contributed by atoms with Gasteiger partial charge >= 0.3 is 13.6 Å². The number of hydrogen-bond donors (Lipinski definition) is 2. The van der Waals surface area contributed by atoms with Crippen molar-refractivity contribution >= 4 is 36.8 Å². The molecule has 3 aliphatic heterocycles. The lowest BCUT2D eigenvalue weighted by Crippen LogP contribution is -2.61. The van der Waals surface area contributed by atoms with Crippen LogP contribution in [0, 0.1) is 35.5 Å². The molecule has 1 saturated carbocycles. The molecule has 2 saturated heterocycles. The number of aliphatic hydroxyl groups excluding tert-OH is 1. The number of esters is 1. The molecule has 0 spiro atoms. The Morgan fingerprint density at radius 3 is 2.21 bits per heavy atom. The molecule has 16 nitrogen and oxygen atoms in total. The van der Waals surface area contributed by atoms with Crippen LogP contribution in [-0.2, 0) is 61.3 Å². The van der Waals surface area contributed by atoms with Crippen molar-refractivity contribution < 1.29 is 71.5 Å². The van der Waals surface area contributed by atoms with Crippen molar-refractivity contribution in [3.63, 3.8) is 0 Å². The van der Waals surface area contributed by atoms with Crippen LogP contribution >= 0.6 is 7.60 Å². The second kappa shape index (κ2) is 28.1. The first-order chi connectivity index (χ1) is 33.9. The van der Waals surface area contributed by atoms with E-state index in [1.165, 1.54) is 18.7 Å². The molecule has 1 amide bonds. The average Bonchev–Trinajstić information content (AvgIpc) is 3.32. The summed E-state index contributed by atoms with van der Waals surface area (Å²) in [4.78, 5) is 72.5. The second-order valence-electron chi connectivity index (χ2n) is 21.6. The maximum Gasteiger partial charge on any atom is 0.329 e. The predicted octanol–water partition coefficient (Wildman–Crippen LogP) is 8.45. The van der Waals surface area contributed by atoms with Gasteiger partial charge in [0.15, 0.2) is 5.78 Å². The SMILES string of the molecule is CO[C@H]1C[C@@H]2CC[C@@H](C)C(O)(O2)C(=O)C(=O)N2CCCCC2C(=O)O[C@H]([C@H](C)C[C@@H]2CC[C@@H](OP(C)(=O)OC(C)C)[C@H](OC)C2)CC(=O)[C@H](C)/C=C(\C)[C@@H](O)[C@@H](OC)C(=O)[C@H](C)C[C@H](C)/C=C/C=CC=C1C. The van der Waals surface area contributed by atoms with Crippen LogP contribution < -0.4 is 0 Å². The molecule has 0 aromatic heterocycles. The van der Waals surface area contributed by atoms with Crippen molar-refractivity contribution in [3.8, 4) is 0 Å². The van der Waals surface area contributed by atoms with E-state index in [2.05, 4.69) is 0 Å². The number of carbonyl (C=O) groups is 5. The topological polar surface area (TPSA) is 211 Å². The third-order valence-electron chi connectivity index (χ3n) is 15.2. The summed E-state index contributed by atoms with van der Waals surface area (Å²) in [7, 11) is 1.15. The number of cyclic esters (lactones) is 1. The highest BCUT2D eigenvalue weighted by Crippen LogP contribution is 2.49. The highest BCUT2D eigenvalue weighted by atomic mass is 31.2. The highest BCUT2D eigenvalue weighted by molar-refractivity contribution is 7.53. The van der Waals surface area contributed by atoms with Crippen molar-refractivity contribution in [2.45, 2.75) is 200 Å². The van der Waals surface area contributed by atoms with Crippen LogP contribution in [0.25, 0.3) is 0 Å². The summed E-state index contributed by atoms with van der Waals surface area (Å²) >= 11 is 0. The molecule has 17 heteroatoms. The number of ketones is 3. The fourth-order valence-corrected chi connectivity index (χ4v) is 12.4. The van der Waals surface area contributed by atoms with Gasteiger partial charge in [0.1, 0.15) is 30.1 Å². The van der Waals surface area contributed by atoms with Gasteiger partial charge in [-0.15, -0.1) is 0 Å². The third kappa shape index (κ3) is 16.9. The molecule has 1 aliphatic carbocycles. The van der Waals surface area contributed by atoms with Gasteiger partial charge in [-0.2, -0.15) is 0 Å². The Morgan fingerprint density at radius 2 is 1.56 bits per heavy atom. The van der Waals surface area contributed by atoms with Gasteiger partial charge in [0.25, 0.3) is 11.7 Å². The van der Waals surface area contributed by atoms with E-state index in [-0.39, 0.29) is 48.9 Å². The van der Waals surface area contributed by atoms with Crippen LogP contribution in [0.15, 0.2) is 47.6 Å². The minimum absolute atomic E-state index is 0.00576. The normalized spacial score (nSPS) is 37.5. The fourth-order valence-electron chi connectivity index (χ4n) is 10.9. The summed E-state index contributed by atoms with van der Waals surface area (Å²) in [5.74, 6) is -8.28. The summed E-state index contributed by atoms with van der Waals surface area (Å²) in [6.45, 7) is 17.7. The van der Waals surface area contributed by atoms with E-state index in [1.807, 2.05) is 58.1 Å². The molecule has 4 rings (SSSR count). The number of amides is 1. The van der Waals surface area contributed by atoms with Gasteiger partial charge in [-0.1, -0.05) is 71.1 Å². The number of rotatable bonds is 10. The molecule has 3 unspecified atom stereocenters. The van der Waals surface area contributed by atoms with E-state index in [0.717, 1.165) is 5.57 Å². The van der Waals surface area contributed by atoms with Crippen molar-refractivity contribution in [3.05, 3.63) is 47.6 Å². The number of fused-ring (bicyclic) bond motifs is 3. The number of methoxy groups -OCH3 is 3. The summed E-state index contributed by atoms with van der Waals surface area (Å²) in [6, 6.07) is -1.17. The fraction of sp³-hybridized carbons (Fsp3) is 0.764. The molecule has 4 aliphatic rings. The van der Waals surface area contributed by atoms with E-state index in [1.54, 1.807) is 54.9 Å². The molecule has 0 radical (unpaired) electrons.